The van der Waals surface area contributed by atoms with Crippen LogP contribution in [0, 0.1) is 0 Å². The maximum absolute atomic E-state index is 4.36. The lowest BCUT2D eigenvalue weighted by Crippen LogP contribution is -2.02. The van der Waals surface area contributed by atoms with E-state index in [-0.39, 0.29) is 0 Å². The van der Waals surface area contributed by atoms with E-state index in [0.29, 0.717) is 0 Å². The van der Waals surface area contributed by atoms with E-state index < -0.39 is 0 Å². The molecule has 4 heteroatoms. The van der Waals surface area contributed by atoms with Crippen molar-refractivity contribution in [1.82, 2.24) is 9.97 Å². The van der Waals surface area contributed by atoms with Crippen molar-refractivity contribution in [3.05, 3.63) is 41.1 Å². The second-order valence-electron chi connectivity index (χ2n) is 3.29. The van der Waals surface area contributed by atoms with Gasteiger partial charge >= 0.3 is 0 Å². The van der Waals surface area contributed by atoms with Gasteiger partial charge < -0.3 is 5.32 Å². The molecule has 16 heavy (non-hydrogen) atoms. The molecule has 1 aromatic heterocycles. The molecule has 0 aliphatic rings. The zero-order chi connectivity index (χ0) is 11.4. The molecule has 2 aromatic rings. The van der Waals surface area contributed by atoms with E-state index >= 15 is 0 Å². The number of halogens is 1. The topological polar surface area (TPSA) is 37.8 Å². The Kier molecular flexibility index (Phi) is 3.51. The maximum Gasteiger partial charge on any atom is 0.152 e. The molecule has 0 atom stereocenters. The van der Waals surface area contributed by atoms with Gasteiger partial charge in [0.1, 0.15) is 5.69 Å². The van der Waals surface area contributed by atoms with E-state index in [4.69, 9.17) is 0 Å². The van der Waals surface area contributed by atoms with Crippen LogP contribution in [0.4, 0.5) is 5.82 Å². The summed E-state index contributed by atoms with van der Waals surface area (Å²) in [5.74, 6) is 0.822. The standard InChI is InChI=1S/C12H12BrN3/c1-2-14-12-11(15-6-7-16-12)9-4-3-5-10(13)8-9/h3-8H,2H2,1H3,(H,14,16). The predicted molar refractivity (Wildman–Crippen MR) is 69.3 cm³/mol. The van der Waals surface area contributed by atoms with Gasteiger partial charge in [-0.3, -0.25) is 4.98 Å². The van der Waals surface area contributed by atoms with Crippen LogP contribution in [-0.4, -0.2) is 16.5 Å². The molecule has 0 bridgehead atoms. The van der Waals surface area contributed by atoms with Crippen LogP contribution in [0.2, 0.25) is 0 Å². The molecule has 1 heterocycles. The van der Waals surface area contributed by atoms with Gasteiger partial charge in [-0.1, -0.05) is 28.1 Å². The van der Waals surface area contributed by atoms with Gasteiger partial charge in [0.2, 0.25) is 0 Å². The number of anilines is 1. The van der Waals surface area contributed by atoms with Gasteiger partial charge in [0, 0.05) is 29.0 Å². The summed E-state index contributed by atoms with van der Waals surface area (Å²) in [4.78, 5) is 8.65. The fraction of sp³-hybridized carbons (Fsp3) is 0.167. The summed E-state index contributed by atoms with van der Waals surface area (Å²) in [5.41, 5.74) is 1.93. The zero-order valence-electron chi connectivity index (χ0n) is 8.94. The highest BCUT2D eigenvalue weighted by atomic mass is 79.9. The fourth-order valence-corrected chi connectivity index (χ4v) is 1.88. The second-order valence-corrected chi connectivity index (χ2v) is 4.21. The first-order valence-corrected chi connectivity index (χ1v) is 5.91. The summed E-state index contributed by atoms with van der Waals surface area (Å²) in [6.07, 6.45) is 3.40. The highest BCUT2D eigenvalue weighted by Gasteiger charge is 2.06. The predicted octanol–water partition coefficient (Wildman–Crippen LogP) is 3.34. The number of hydrogen-bond donors (Lipinski definition) is 1. The summed E-state index contributed by atoms with van der Waals surface area (Å²) in [6.45, 7) is 2.87. The van der Waals surface area contributed by atoms with Crippen molar-refractivity contribution in [3.8, 4) is 11.3 Å². The Hall–Kier alpha value is -1.42. The fourth-order valence-electron chi connectivity index (χ4n) is 1.48. The Morgan fingerprint density at radius 2 is 2.06 bits per heavy atom. The largest absolute Gasteiger partial charge is 0.369 e. The molecule has 2 rings (SSSR count). The molecule has 3 nitrogen and oxygen atoms in total. The number of nitrogens with one attached hydrogen (secondary N) is 1. The summed E-state index contributed by atoms with van der Waals surface area (Å²) in [7, 11) is 0. The van der Waals surface area contributed by atoms with Gasteiger partial charge in [-0.25, -0.2) is 4.98 Å². The first kappa shape index (κ1) is 11.1. The first-order valence-electron chi connectivity index (χ1n) is 5.12. The summed E-state index contributed by atoms with van der Waals surface area (Å²) >= 11 is 3.45. The molecule has 1 aromatic carbocycles. The molecule has 1 N–H and O–H groups in total. The van der Waals surface area contributed by atoms with Crippen molar-refractivity contribution < 1.29 is 0 Å². The van der Waals surface area contributed by atoms with E-state index in [9.17, 15) is 0 Å². The van der Waals surface area contributed by atoms with Crippen LogP contribution < -0.4 is 5.32 Å². The van der Waals surface area contributed by atoms with Gasteiger partial charge in [0.15, 0.2) is 5.82 Å². The third-order valence-electron chi connectivity index (χ3n) is 2.14. The lowest BCUT2D eigenvalue weighted by atomic mass is 10.1. The van der Waals surface area contributed by atoms with Gasteiger partial charge in [-0.2, -0.15) is 0 Å². The van der Waals surface area contributed by atoms with Gasteiger partial charge in [-0.05, 0) is 19.1 Å². The minimum Gasteiger partial charge on any atom is -0.369 e. The summed E-state index contributed by atoms with van der Waals surface area (Å²) in [5, 5.41) is 3.21. The Labute approximate surface area is 103 Å². The Balaban J connectivity index is 2.46. The molecule has 0 fully saturated rings. The van der Waals surface area contributed by atoms with Crippen LogP contribution in [0.3, 0.4) is 0 Å². The Bertz CT molecular complexity index is 485. The number of nitrogens with zero attached hydrogens (tertiary/aromatic N) is 2. The van der Waals surface area contributed by atoms with E-state index in [1.807, 2.05) is 31.2 Å². The average molecular weight is 278 g/mol. The van der Waals surface area contributed by atoms with Crippen LogP contribution >= 0.6 is 15.9 Å². The number of hydrogen-bond acceptors (Lipinski definition) is 3. The molecule has 82 valence electrons. The molecular weight excluding hydrogens is 266 g/mol. The van der Waals surface area contributed by atoms with Crippen molar-refractivity contribution in [2.75, 3.05) is 11.9 Å². The molecule has 0 unspecified atom stereocenters. The van der Waals surface area contributed by atoms with Gasteiger partial charge in [0.05, 0.1) is 0 Å². The van der Waals surface area contributed by atoms with Crippen molar-refractivity contribution in [1.29, 1.82) is 0 Å². The minimum absolute atomic E-state index is 0.822. The molecule has 0 saturated carbocycles. The number of aromatic nitrogens is 2. The minimum atomic E-state index is 0.822. The van der Waals surface area contributed by atoms with E-state index in [2.05, 4.69) is 31.2 Å². The molecule has 0 amide bonds. The molecule has 0 radical (unpaired) electrons. The van der Waals surface area contributed by atoms with E-state index in [1.165, 1.54) is 0 Å². The van der Waals surface area contributed by atoms with Crippen molar-refractivity contribution in [2.24, 2.45) is 0 Å². The van der Waals surface area contributed by atoms with E-state index in [0.717, 1.165) is 28.1 Å². The Morgan fingerprint density at radius 3 is 2.81 bits per heavy atom. The molecule has 0 spiro atoms. The van der Waals surface area contributed by atoms with Crippen LogP contribution in [-0.2, 0) is 0 Å². The number of rotatable bonds is 3. The van der Waals surface area contributed by atoms with Crippen LogP contribution in [0.1, 0.15) is 6.92 Å². The normalized spacial score (nSPS) is 10.1. The molecular formula is C12H12BrN3. The van der Waals surface area contributed by atoms with E-state index in [1.54, 1.807) is 12.4 Å². The van der Waals surface area contributed by atoms with Crippen molar-refractivity contribution >= 4 is 21.7 Å². The lowest BCUT2D eigenvalue weighted by molar-refractivity contribution is 1.12. The molecule has 0 aliphatic heterocycles. The maximum atomic E-state index is 4.36. The Morgan fingerprint density at radius 1 is 1.25 bits per heavy atom. The summed E-state index contributed by atoms with van der Waals surface area (Å²) in [6, 6.07) is 8.04. The van der Waals surface area contributed by atoms with Crippen molar-refractivity contribution in [3.63, 3.8) is 0 Å². The third kappa shape index (κ3) is 2.39. The monoisotopic (exact) mass is 277 g/mol. The van der Waals surface area contributed by atoms with Gasteiger partial charge in [-0.15, -0.1) is 0 Å². The quantitative estimate of drug-likeness (QED) is 0.935. The SMILES string of the molecule is CCNc1nccnc1-c1cccc(Br)c1. The molecule has 0 aliphatic carbocycles. The van der Waals surface area contributed by atoms with Crippen LogP contribution in [0.15, 0.2) is 41.1 Å². The summed E-state index contributed by atoms with van der Waals surface area (Å²) < 4.78 is 1.04. The highest BCUT2D eigenvalue weighted by Crippen LogP contribution is 2.25. The third-order valence-corrected chi connectivity index (χ3v) is 2.63. The first-order chi connectivity index (χ1) is 7.81. The second kappa shape index (κ2) is 5.07. The lowest BCUT2D eigenvalue weighted by Gasteiger charge is -2.08. The number of benzene rings is 1. The van der Waals surface area contributed by atoms with Crippen LogP contribution in [0.5, 0.6) is 0 Å². The average Bonchev–Trinajstić information content (AvgIpc) is 2.30. The highest BCUT2D eigenvalue weighted by molar-refractivity contribution is 9.10. The van der Waals surface area contributed by atoms with Crippen molar-refractivity contribution in [2.45, 2.75) is 6.92 Å². The smallest absolute Gasteiger partial charge is 0.152 e. The molecule has 0 saturated heterocycles. The van der Waals surface area contributed by atoms with Crippen LogP contribution in [0.25, 0.3) is 11.3 Å². The zero-order valence-corrected chi connectivity index (χ0v) is 10.5. The van der Waals surface area contributed by atoms with Gasteiger partial charge in [0.25, 0.3) is 0 Å².